The van der Waals surface area contributed by atoms with Crippen LogP contribution in [-0.4, -0.2) is 28.4 Å². The summed E-state index contributed by atoms with van der Waals surface area (Å²) >= 11 is 7.25. The van der Waals surface area contributed by atoms with E-state index in [1.165, 1.54) is 11.3 Å². The van der Waals surface area contributed by atoms with Crippen LogP contribution in [0.4, 0.5) is 5.69 Å². The summed E-state index contributed by atoms with van der Waals surface area (Å²) in [6, 6.07) is 1.71. The number of halogens is 1. The van der Waals surface area contributed by atoms with Crippen molar-refractivity contribution in [2.45, 2.75) is 32.4 Å². The van der Waals surface area contributed by atoms with E-state index in [9.17, 15) is 4.79 Å². The maximum atomic E-state index is 12.0. The van der Waals surface area contributed by atoms with Crippen molar-refractivity contribution in [1.82, 2.24) is 9.78 Å². The fourth-order valence-electron chi connectivity index (χ4n) is 1.68. The number of hydrogen-bond donors (Lipinski definition) is 1. The molecule has 114 valence electrons. The molecule has 0 aromatic carbocycles. The Hall–Kier alpha value is -1.37. The van der Waals surface area contributed by atoms with Gasteiger partial charge in [0.15, 0.2) is 0 Å². The van der Waals surface area contributed by atoms with Crippen LogP contribution in [0, 0.1) is 0 Å². The number of aromatic nitrogens is 2. The lowest BCUT2D eigenvalue weighted by Crippen LogP contribution is -2.24. The first-order chi connectivity index (χ1) is 9.91. The van der Waals surface area contributed by atoms with Gasteiger partial charge in [-0.3, -0.25) is 9.48 Å². The van der Waals surface area contributed by atoms with E-state index in [-0.39, 0.29) is 11.5 Å². The number of carbonyl (C=O) groups is 1. The molecule has 0 aliphatic rings. The number of hydrogen-bond acceptors (Lipinski definition) is 4. The second-order valence-electron chi connectivity index (χ2n) is 5.26. The Morgan fingerprint density at radius 1 is 1.57 bits per heavy atom. The Labute approximate surface area is 132 Å². The quantitative estimate of drug-likeness (QED) is 0.880. The zero-order chi connectivity index (χ0) is 15.5. The first-order valence-corrected chi connectivity index (χ1v) is 7.79. The number of ether oxygens (including phenoxy) is 1. The summed E-state index contributed by atoms with van der Waals surface area (Å²) in [5.74, 6) is -0.216. The molecule has 2 heterocycles. The van der Waals surface area contributed by atoms with Crippen LogP contribution in [0.1, 0.15) is 29.9 Å². The van der Waals surface area contributed by atoms with Crippen molar-refractivity contribution in [3.63, 3.8) is 0 Å². The summed E-state index contributed by atoms with van der Waals surface area (Å²) in [5, 5.41) is 9.27. The monoisotopic (exact) mass is 327 g/mol. The van der Waals surface area contributed by atoms with E-state index in [1.807, 2.05) is 13.8 Å². The molecule has 0 fully saturated rings. The Bertz CT molecular complexity index is 621. The van der Waals surface area contributed by atoms with Gasteiger partial charge in [-0.15, -0.1) is 11.3 Å². The van der Waals surface area contributed by atoms with E-state index in [2.05, 4.69) is 10.4 Å². The molecular formula is C14H18ClN3O2S. The highest BCUT2D eigenvalue weighted by atomic mass is 35.5. The number of nitrogens with zero attached hydrogens (tertiary/aromatic N) is 2. The van der Waals surface area contributed by atoms with E-state index in [0.717, 1.165) is 13.0 Å². The maximum absolute atomic E-state index is 12.0. The average molecular weight is 328 g/mol. The summed E-state index contributed by atoms with van der Waals surface area (Å²) < 4.78 is 7.15. The molecule has 2 aromatic rings. The van der Waals surface area contributed by atoms with Gasteiger partial charge in [-0.2, -0.15) is 5.10 Å². The molecule has 2 rings (SSSR count). The zero-order valence-electron chi connectivity index (χ0n) is 12.2. The van der Waals surface area contributed by atoms with Crippen LogP contribution in [0.5, 0.6) is 0 Å². The van der Waals surface area contributed by atoms with Gasteiger partial charge in [0.2, 0.25) is 0 Å². The number of nitrogens with one attached hydrogen (secondary N) is 1. The lowest BCUT2D eigenvalue weighted by molar-refractivity contribution is 0.0113. The number of amides is 1. The number of aryl methyl sites for hydroxylation is 1. The van der Waals surface area contributed by atoms with Crippen LogP contribution in [0.2, 0.25) is 5.02 Å². The summed E-state index contributed by atoms with van der Waals surface area (Å²) in [5.41, 5.74) is 0.458. The standard InChI is InChI=1S/C14H18ClN3O2S/c1-14(2,20-3)5-6-18-9-10(8-16-18)17-13(19)12-11(15)4-7-21-12/h4,7-9H,5-6H2,1-3H3,(H,17,19). The fraction of sp³-hybridized carbons (Fsp3) is 0.429. The SMILES string of the molecule is COC(C)(C)CCn1cc(NC(=O)c2sccc2Cl)cn1. The topological polar surface area (TPSA) is 56.1 Å². The molecule has 0 bridgehead atoms. The predicted molar refractivity (Wildman–Crippen MR) is 85.2 cm³/mol. The third kappa shape index (κ3) is 4.30. The maximum Gasteiger partial charge on any atom is 0.267 e. The molecule has 0 radical (unpaired) electrons. The van der Waals surface area contributed by atoms with Gasteiger partial charge < -0.3 is 10.1 Å². The van der Waals surface area contributed by atoms with Crippen LogP contribution in [0.15, 0.2) is 23.8 Å². The molecule has 0 spiro atoms. The van der Waals surface area contributed by atoms with Crippen molar-refractivity contribution < 1.29 is 9.53 Å². The van der Waals surface area contributed by atoms with E-state index in [0.29, 0.717) is 15.6 Å². The highest BCUT2D eigenvalue weighted by Crippen LogP contribution is 2.23. The summed E-state index contributed by atoms with van der Waals surface area (Å²) in [4.78, 5) is 12.5. The van der Waals surface area contributed by atoms with Crippen LogP contribution >= 0.6 is 22.9 Å². The molecule has 0 aliphatic carbocycles. The van der Waals surface area contributed by atoms with Crippen LogP contribution in [-0.2, 0) is 11.3 Å². The van der Waals surface area contributed by atoms with Gasteiger partial charge in [0.1, 0.15) is 4.88 Å². The molecule has 21 heavy (non-hydrogen) atoms. The Balaban J connectivity index is 1.94. The van der Waals surface area contributed by atoms with Crippen molar-refractivity contribution >= 4 is 34.5 Å². The molecule has 0 aliphatic heterocycles. The minimum Gasteiger partial charge on any atom is -0.379 e. The highest BCUT2D eigenvalue weighted by molar-refractivity contribution is 7.12. The third-order valence-corrected chi connectivity index (χ3v) is 4.55. The second kappa shape index (κ2) is 6.60. The molecule has 0 unspecified atom stereocenters. The molecule has 0 atom stereocenters. The number of thiophene rings is 1. The fourth-order valence-corrected chi connectivity index (χ4v) is 2.72. The van der Waals surface area contributed by atoms with Gasteiger partial charge >= 0.3 is 0 Å². The van der Waals surface area contributed by atoms with E-state index in [1.54, 1.807) is 35.6 Å². The van der Waals surface area contributed by atoms with Gasteiger partial charge in [-0.1, -0.05) is 11.6 Å². The number of anilines is 1. The lowest BCUT2D eigenvalue weighted by Gasteiger charge is -2.22. The van der Waals surface area contributed by atoms with Gasteiger partial charge in [0, 0.05) is 19.9 Å². The number of carbonyl (C=O) groups excluding carboxylic acids is 1. The Morgan fingerprint density at radius 2 is 2.33 bits per heavy atom. The van der Waals surface area contributed by atoms with Crippen LogP contribution in [0.3, 0.4) is 0 Å². The minimum absolute atomic E-state index is 0.195. The molecular weight excluding hydrogens is 310 g/mol. The summed E-state index contributed by atoms with van der Waals surface area (Å²) in [7, 11) is 1.69. The Morgan fingerprint density at radius 3 is 2.95 bits per heavy atom. The highest BCUT2D eigenvalue weighted by Gasteiger charge is 2.17. The second-order valence-corrected chi connectivity index (χ2v) is 6.58. The van der Waals surface area contributed by atoms with Crippen molar-refractivity contribution in [2.24, 2.45) is 0 Å². The van der Waals surface area contributed by atoms with Crippen LogP contribution in [0.25, 0.3) is 0 Å². The van der Waals surface area contributed by atoms with Crippen molar-refractivity contribution in [3.05, 3.63) is 33.7 Å². The number of rotatable bonds is 6. The molecule has 1 amide bonds. The molecule has 2 aromatic heterocycles. The minimum atomic E-state index is -0.216. The number of methoxy groups -OCH3 is 1. The van der Waals surface area contributed by atoms with Gasteiger partial charge in [-0.25, -0.2) is 0 Å². The Kier molecular flexibility index (Phi) is 5.03. The van der Waals surface area contributed by atoms with E-state index >= 15 is 0 Å². The summed E-state index contributed by atoms with van der Waals surface area (Å²) in [6.07, 6.45) is 4.25. The van der Waals surface area contributed by atoms with Crippen molar-refractivity contribution in [1.29, 1.82) is 0 Å². The summed E-state index contributed by atoms with van der Waals surface area (Å²) in [6.45, 7) is 4.77. The molecule has 5 nitrogen and oxygen atoms in total. The molecule has 0 saturated carbocycles. The van der Waals surface area contributed by atoms with Gasteiger partial charge in [-0.05, 0) is 31.7 Å². The van der Waals surface area contributed by atoms with Crippen LogP contribution < -0.4 is 5.32 Å². The normalized spacial score (nSPS) is 11.6. The van der Waals surface area contributed by atoms with E-state index in [4.69, 9.17) is 16.3 Å². The smallest absolute Gasteiger partial charge is 0.267 e. The molecule has 1 N–H and O–H groups in total. The average Bonchev–Trinajstić information content (AvgIpc) is 3.05. The predicted octanol–water partition coefficient (Wildman–Crippen LogP) is 3.67. The van der Waals surface area contributed by atoms with E-state index < -0.39 is 0 Å². The first kappa shape index (κ1) is 16.0. The van der Waals surface area contributed by atoms with Crippen molar-refractivity contribution in [3.8, 4) is 0 Å². The molecule has 0 saturated heterocycles. The molecule has 7 heteroatoms. The van der Waals surface area contributed by atoms with Gasteiger partial charge in [0.05, 0.1) is 22.5 Å². The van der Waals surface area contributed by atoms with Gasteiger partial charge in [0.25, 0.3) is 5.91 Å². The first-order valence-electron chi connectivity index (χ1n) is 6.53. The zero-order valence-corrected chi connectivity index (χ0v) is 13.8. The largest absolute Gasteiger partial charge is 0.379 e. The third-order valence-electron chi connectivity index (χ3n) is 3.21. The lowest BCUT2D eigenvalue weighted by atomic mass is 10.1. The van der Waals surface area contributed by atoms with Crippen molar-refractivity contribution in [2.75, 3.05) is 12.4 Å².